The Morgan fingerprint density at radius 3 is 2.04 bits per heavy atom. The van der Waals surface area contributed by atoms with Crippen LogP contribution in [0.5, 0.6) is 0 Å². The number of hydrogen-bond donors (Lipinski definition) is 2. The predicted molar refractivity (Wildman–Crippen MR) is 101 cm³/mol. The molecule has 1 aromatic carbocycles. The van der Waals surface area contributed by atoms with Crippen LogP contribution in [0.2, 0.25) is 0 Å². The molecule has 0 saturated carbocycles. The van der Waals surface area contributed by atoms with Gasteiger partial charge in [-0.15, -0.1) is 0 Å². The molecule has 0 spiro atoms. The van der Waals surface area contributed by atoms with E-state index in [9.17, 15) is 0 Å². The molecule has 0 aliphatic heterocycles. The summed E-state index contributed by atoms with van der Waals surface area (Å²) in [5.41, 5.74) is 3.32. The fourth-order valence-electron chi connectivity index (χ4n) is 2.76. The minimum atomic E-state index is 0.570. The Morgan fingerprint density at radius 2 is 1.32 bits per heavy atom. The second kappa shape index (κ2) is 6.80. The highest BCUT2D eigenvalue weighted by atomic mass is 15.2. The van der Waals surface area contributed by atoms with Gasteiger partial charge in [0.15, 0.2) is 23.3 Å². The number of nitrogens with one attached hydrogen (secondary N) is 2. The molecule has 134 valence electrons. The molecular weight excluding hydrogens is 354 g/mol. The molecule has 5 aromatic rings. The van der Waals surface area contributed by atoms with Crippen molar-refractivity contribution in [3.05, 3.63) is 67.4 Å². The molecule has 2 N–H and O–H groups in total. The summed E-state index contributed by atoms with van der Waals surface area (Å²) in [4.78, 5) is 21.2. The SMILES string of the molecule is c1cc(-c2n[nH]c(-c3ccncc3)n2)cc(-c2n[nH]c(-c3ccncn3)n2)c1. The Kier molecular flexibility index (Phi) is 3.87. The van der Waals surface area contributed by atoms with Gasteiger partial charge in [-0.3, -0.25) is 15.2 Å². The second-order valence-electron chi connectivity index (χ2n) is 5.93. The summed E-state index contributed by atoms with van der Waals surface area (Å²) in [6.45, 7) is 0. The van der Waals surface area contributed by atoms with Crippen LogP contribution in [-0.2, 0) is 0 Å². The summed E-state index contributed by atoms with van der Waals surface area (Å²) < 4.78 is 0. The molecule has 4 heterocycles. The number of benzene rings is 1. The summed E-state index contributed by atoms with van der Waals surface area (Å²) in [6.07, 6.45) is 6.57. The lowest BCUT2D eigenvalue weighted by Crippen LogP contribution is -1.86. The van der Waals surface area contributed by atoms with E-state index >= 15 is 0 Å². The van der Waals surface area contributed by atoms with Crippen molar-refractivity contribution in [3.63, 3.8) is 0 Å². The highest BCUT2D eigenvalue weighted by Crippen LogP contribution is 2.25. The Morgan fingerprint density at radius 1 is 0.643 bits per heavy atom. The number of pyridine rings is 1. The van der Waals surface area contributed by atoms with Crippen LogP contribution in [0.4, 0.5) is 0 Å². The molecule has 9 heteroatoms. The zero-order valence-electron chi connectivity index (χ0n) is 14.5. The largest absolute Gasteiger partial charge is 0.265 e. The van der Waals surface area contributed by atoms with E-state index in [1.54, 1.807) is 24.7 Å². The van der Waals surface area contributed by atoms with E-state index in [4.69, 9.17) is 0 Å². The molecule has 0 fully saturated rings. The minimum Gasteiger partial charge on any atom is -0.265 e. The number of hydrogen-bond acceptors (Lipinski definition) is 7. The van der Waals surface area contributed by atoms with Gasteiger partial charge in [0.2, 0.25) is 0 Å². The summed E-state index contributed by atoms with van der Waals surface area (Å²) in [6, 6.07) is 13.3. The van der Waals surface area contributed by atoms with Crippen LogP contribution in [0, 0.1) is 0 Å². The van der Waals surface area contributed by atoms with Gasteiger partial charge in [-0.1, -0.05) is 18.2 Å². The molecule has 0 radical (unpaired) electrons. The van der Waals surface area contributed by atoms with Gasteiger partial charge in [-0.2, -0.15) is 10.2 Å². The van der Waals surface area contributed by atoms with Crippen molar-refractivity contribution in [2.75, 3.05) is 0 Å². The number of nitrogens with zero attached hydrogens (tertiary/aromatic N) is 7. The molecule has 0 bridgehead atoms. The van der Waals surface area contributed by atoms with Crippen molar-refractivity contribution in [2.24, 2.45) is 0 Å². The topological polar surface area (TPSA) is 122 Å². The first-order valence-corrected chi connectivity index (χ1v) is 8.49. The van der Waals surface area contributed by atoms with Crippen molar-refractivity contribution in [1.82, 2.24) is 45.3 Å². The molecule has 0 atom stereocenters. The van der Waals surface area contributed by atoms with Crippen molar-refractivity contribution in [3.8, 4) is 45.7 Å². The molecule has 9 nitrogen and oxygen atoms in total. The van der Waals surface area contributed by atoms with E-state index in [0.29, 0.717) is 29.0 Å². The third kappa shape index (κ3) is 3.01. The number of aromatic amines is 2. The van der Waals surface area contributed by atoms with Crippen LogP contribution in [0.15, 0.2) is 67.4 Å². The standard InChI is InChI=1S/C19H13N9/c1-2-13(17-23-16(25-26-17)12-4-7-20-8-5-12)10-14(3-1)18-24-19(28-27-18)15-6-9-21-11-22-15/h1-11H,(H,23,25,26)(H,24,27,28). The molecule has 0 saturated heterocycles. The van der Waals surface area contributed by atoms with Crippen molar-refractivity contribution < 1.29 is 0 Å². The van der Waals surface area contributed by atoms with Crippen LogP contribution in [0.1, 0.15) is 0 Å². The van der Waals surface area contributed by atoms with Gasteiger partial charge in [0.05, 0.1) is 0 Å². The van der Waals surface area contributed by atoms with Gasteiger partial charge < -0.3 is 0 Å². The zero-order valence-corrected chi connectivity index (χ0v) is 14.5. The molecular formula is C19H13N9. The lowest BCUT2D eigenvalue weighted by Gasteiger charge is -1.99. The summed E-state index contributed by atoms with van der Waals surface area (Å²) in [7, 11) is 0. The smallest absolute Gasteiger partial charge is 0.181 e. The second-order valence-corrected chi connectivity index (χ2v) is 5.93. The van der Waals surface area contributed by atoms with Crippen molar-refractivity contribution >= 4 is 0 Å². The van der Waals surface area contributed by atoms with Crippen LogP contribution >= 0.6 is 0 Å². The summed E-state index contributed by atoms with van der Waals surface area (Å²) in [5, 5.41) is 14.5. The molecule has 28 heavy (non-hydrogen) atoms. The maximum atomic E-state index is 4.58. The molecule has 0 amide bonds. The number of rotatable bonds is 4. The highest BCUT2D eigenvalue weighted by Gasteiger charge is 2.12. The van der Waals surface area contributed by atoms with E-state index < -0.39 is 0 Å². The predicted octanol–water partition coefficient (Wildman–Crippen LogP) is 2.78. The van der Waals surface area contributed by atoms with Crippen LogP contribution < -0.4 is 0 Å². The van der Waals surface area contributed by atoms with E-state index in [2.05, 4.69) is 45.3 Å². The summed E-state index contributed by atoms with van der Waals surface area (Å²) >= 11 is 0. The Labute approximate surface area is 159 Å². The van der Waals surface area contributed by atoms with Gasteiger partial charge in [0.1, 0.15) is 12.0 Å². The van der Waals surface area contributed by atoms with Crippen LogP contribution in [0.25, 0.3) is 45.7 Å². The molecule has 0 unspecified atom stereocenters. The zero-order chi connectivity index (χ0) is 18.8. The molecule has 0 aliphatic rings. The van der Waals surface area contributed by atoms with Gasteiger partial charge in [0, 0.05) is 35.3 Å². The van der Waals surface area contributed by atoms with Crippen LogP contribution in [0.3, 0.4) is 0 Å². The summed E-state index contributed by atoms with van der Waals surface area (Å²) in [5.74, 6) is 2.44. The average molecular weight is 367 g/mol. The normalized spacial score (nSPS) is 10.9. The van der Waals surface area contributed by atoms with E-state index in [1.807, 2.05) is 36.4 Å². The lowest BCUT2D eigenvalue weighted by molar-refractivity contribution is 1.08. The van der Waals surface area contributed by atoms with Gasteiger partial charge in [0.25, 0.3) is 0 Å². The maximum absolute atomic E-state index is 4.58. The minimum absolute atomic E-state index is 0.570. The maximum Gasteiger partial charge on any atom is 0.181 e. The molecule has 4 aromatic heterocycles. The molecule has 5 rings (SSSR count). The van der Waals surface area contributed by atoms with Gasteiger partial charge >= 0.3 is 0 Å². The van der Waals surface area contributed by atoms with E-state index in [1.165, 1.54) is 6.33 Å². The quantitative estimate of drug-likeness (QED) is 0.501. The Balaban J connectivity index is 1.46. The molecule has 0 aliphatic carbocycles. The number of H-pyrrole nitrogens is 2. The monoisotopic (exact) mass is 367 g/mol. The fourth-order valence-corrected chi connectivity index (χ4v) is 2.76. The number of aromatic nitrogens is 9. The average Bonchev–Trinajstić information content (AvgIpc) is 3.46. The van der Waals surface area contributed by atoms with Gasteiger partial charge in [-0.25, -0.2) is 19.9 Å². The van der Waals surface area contributed by atoms with E-state index in [-0.39, 0.29) is 0 Å². The van der Waals surface area contributed by atoms with Crippen molar-refractivity contribution in [1.29, 1.82) is 0 Å². The first kappa shape index (κ1) is 15.9. The van der Waals surface area contributed by atoms with Crippen molar-refractivity contribution in [2.45, 2.75) is 0 Å². The third-order valence-electron chi connectivity index (χ3n) is 4.13. The Hall–Kier alpha value is -4.27. The van der Waals surface area contributed by atoms with E-state index in [0.717, 1.165) is 16.7 Å². The first-order chi connectivity index (χ1) is 13.9. The fraction of sp³-hybridized carbons (Fsp3) is 0. The third-order valence-corrected chi connectivity index (χ3v) is 4.13. The Bertz CT molecular complexity index is 1120. The lowest BCUT2D eigenvalue weighted by atomic mass is 10.1. The van der Waals surface area contributed by atoms with Gasteiger partial charge in [-0.05, 0) is 24.3 Å². The van der Waals surface area contributed by atoms with Crippen LogP contribution in [-0.4, -0.2) is 45.3 Å². The highest BCUT2D eigenvalue weighted by molar-refractivity contribution is 5.68. The first-order valence-electron chi connectivity index (χ1n) is 8.49.